The first-order valence-corrected chi connectivity index (χ1v) is 12.1. The minimum Gasteiger partial charge on any atom is -0.323 e. The summed E-state index contributed by atoms with van der Waals surface area (Å²) in [5, 5.41) is 12.3. The molecule has 168 valence electrons. The molecule has 1 aromatic rings. The molecule has 7 nitrogen and oxygen atoms in total. The Morgan fingerprint density at radius 2 is 1.81 bits per heavy atom. The van der Waals surface area contributed by atoms with Gasteiger partial charge in [-0.1, -0.05) is 32.9 Å². The fourth-order valence-electron chi connectivity index (χ4n) is 4.75. The van der Waals surface area contributed by atoms with Gasteiger partial charge in [-0.3, -0.25) is 4.79 Å². The zero-order valence-electron chi connectivity index (χ0n) is 18.1. The maximum absolute atomic E-state index is 13.5. The van der Waals surface area contributed by atoms with Gasteiger partial charge in [0, 0.05) is 25.6 Å². The molecule has 3 fully saturated rings. The van der Waals surface area contributed by atoms with Gasteiger partial charge < -0.3 is 10.2 Å². The number of likely N-dealkylation sites (tertiary alicyclic amines) is 1. The van der Waals surface area contributed by atoms with Crippen LogP contribution in [0.3, 0.4) is 0 Å². The van der Waals surface area contributed by atoms with E-state index < -0.39 is 22.2 Å². The minimum absolute atomic E-state index is 0.0315. The molecule has 0 spiro atoms. The van der Waals surface area contributed by atoms with Gasteiger partial charge >= 0.3 is 0 Å². The van der Waals surface area contributed by atoms with Gasteiger partial charge in [0.15, 0.2) is 0 Å². The zero-order chi connectivity index (χ0) is 22.6. The van der Waals surface area contributed by atoms with Crippen molar-refractivity contribution < 1.29 is 17.6 Å². The molecular weight excluding hydrogens is 419 g/mol. The highest BCUT2D eigenvalue weighted by molar-refractivity contribution is 7.89. The Morgan fingerprint density at radius 1 is 1.19 bits per heavy atom. The van der Waals surface area contributed by atoms with Crippen LogP contribution in [0, 0.1) is 23.2 Å². The summed E-state index contributed by atoms with van der Waals surface area (Å²) in [6.45, 7) is 7.13. The number of carbonyl (C=O) groups is 1. The summed E-state index contributed by atoms with van der Waals surface area (Å²) >= 11 is 0. The highest BCUT2D eigenvalue weighted by Gasteiger charge is 2.58. The molecule has 3 aliphatic rings. The average Bonchev–Trinajstić information content (AvgIpc) is 3.05. The van der Waals surface area contributed by atoms with Crippen molar-refractivity contribution in [1.82, 2.24) is 14.5 Å². The Balaban J connectivity index is 1.30. The molecule has 0 bridgehead atoms. The van der Waals surface area contributed by atoms with Crippen LogP contribution >= 0.6 is 0 Å². The molecule has 1 saturated carbocycles. The highest BCUT2D eigenvalue weighted by Crippen LogP contribution is 2.47. The van der Waals surface area contributed by atoms with Crippen molar-refractivity contribution in [2.75, 3.05) is 26.2 Å². The Labute approximate surface area is 183 Å². The highest BCUT2D eigenvalue weighted by atomic mass is 32.2. The standard InChI is InChI=1S/C22H29FN4O3S/c1-22(2,3)14-4-6-17(7-5-14)31(29,30)26-12-18-19(13-26)21(18)25-10-20(28)27-11-15(23)8-16(27)9-24/h4-7,15-16,18-19,21,25H,8,10-13H2,1-3H3/t15-,16?,18?,19?,21?/m0/s1. The normalized spacial score (nSPS) is 30.8. The van der Waals surface area contributed by atoms with Gasteiger partial charge in [0.1, 0.15) is 12.2 Å². The third kappa shape index (κ3) is 4.21. The number of hydrogen-bond acceptors (Lipinski definition) is 5. The van der Waals surface area contributed by atoms with Crippen molar-refractivity contribution in [3.05, 3.63) is 29.8 Å². The van der Waals surface area contributed by atoms with Gasteiger partial charge in [0.2, 0.25) is 15.9 Å². The number of rotatable bonds is 5. The number of nitrogens with one attached hydrogen (secondary N) is 1. The van der Waals surface area contributed by atoms with E-state index >= 15 is 0 Å². The molecule has 1 amide bonds. The second kappa shape index (κ2) is 7.84. The van der Waals surface area contributed by atoms with E-state index in [9.17, 15) is 17.6 Å². The third-order valence-corrected chi connectivity index (χ3v) is 8.57. The molecule has 1 N–H and O–H groups in total. The van der Waals surface area contributed by atoms with Crippen molar-refractivity contribution in [3.63, 3.8) is 0 Å². The molecule has 2 heterocycles. The molecule has 9 heteroatoms. The van der Waals surface area contributed by atoms with Gasteiger partial charge in [0.25, 0.3) is 0 Å². The van der Waals surface area contributed by atoms with Crippen LogP contribution in [0.4, 0.5) is 4.39 Å². The van der Waals surface area contributed by atoms with Crippen LogP contribution in [0.25, 0.3) is 0 Å². The lowest BCUT2D eigenvalue weighted by molar-refractivity contribution is -0.130. The molecular formula is C22H29FN4O3S. The van der Waals surface area contributed by atoms with Crippen molar-refractivity contribution in [2.45, 2.75) is 55.8 Å². The number of nitriles is 1. The molecule has 0 radical (unpaired) electrons. The summed E-state index contributed by atoms with van der Waals surface area (Å²) in [7, 11) is -3.54. The second-order valence-corrected chi connectivity index (χ2v) is 11.8. The zero-order valence-corrected chi connectivity index (χ0v) is 18.9. The van der Waals surface area contributed by atoms with Crippen LogP contribution < -0.4 is 5.32 Å². The Kier molecular flexibility index (Phi) is 5.61. The van der Waals surface area contributed by atoms with E-state index in [0.29, 0.717) is 18.0 Å². The van der Waals surface area contributed by atoms with Crippen LogP contribution in [-0.2, 0) is 20.2 Å². The number of carbonyl (C=O) groups excluding carboxylic acids is 1. The van der Waals surface area contributed by atoms with Crippen molar-refractivity contribution in [1.29, 1.82) is 5.26 Å². The summed E-state index contributed by atoms with van der Waals surface area (Å²) in [6, 6.07) is 8.46. The van der Waals surface area contributed by atoms with E-state index in [1.54, 1.807) is 12.1 Å². The maximum Gasteiger partial charge on any atom is 0.243 e. The van der Waals surface area contributed by atoms with E-state index in [1.807, 2.05) is 18.2 Å². The monoisotopic (exact) mass is 448 g/mol. The predicted octanol–water partition coefficient (Wildman–Crippen LogP) is 1.66. The molecule has 2 saturated heterocycles. The van der Waals surface area contributed by atoms with Crippen molar-refractivity contribution >= 4 is 15.9 Å². The number of fused-ring (bicyclic) bond motifs is 1. The largest absolute Gasteiger partial charge is 0.323 e. The van der Waals surface area contributed by atoms with E-state index in [1.165, 1.54) is 9.21 Å². The summed E-state index contributed by atoms with van der Waals surface area (Å²) in [5.74, 6) is 0.0754. The van der Waals surface area contributed by atoms with E-state index in [-0.39, 0.29) is 48.7 Å². The smallest absolute Gasteiger partial charge is 0.243 e. The van der Waals surface area contributed by atoms with Gasteiger partial charge in [0.05, 0.1) is 24.1 Å². The summed E-state index contributed by atoms with van der Waals surface area (Å²) in [5.41, 5.74) is 1.04. The first-order valence-electron chi connectivity index (χ1n) is 10.7. The predicted molar refractivity (Wildman–Crippen MR) is 113 cm³/mol. The molecule has 4 rings (SSSR count). The Hall–Kier alpha value is -2.02. The van der Waals surface area contributed by atoms with Crippen LogP contribution in [0.2, 0.25) is 0 Å². The number of sulfonamides is 1. The SMILES string of the molecule is CC(C)(C)c1ccc(S(=O)(=O)N2CC3C(C2)C3NCC(=O)N2C[C@@H](F)CC2C#N)cc1. The van der Waals surface area contributed by atoms with Gasteiger partial charge in [-0.2, -0.15) is 9.57 Å². The Morgan fingerprint density at radius 3 is 2.35 bits per heavy atom. The Bertz CT molecular complexity index is 987. The van der Waals surface area contributed by atoms with Crippen LogP contribution in [0.1, 0.15) is 32.8 Å². The molecule has 4 atom stereocenters. The number of piperidine rings is 1. The average molecular weight is 449 g/mol. The molecule has 1 aliphatic carbocycles. The molecule has 31 heavy (non-hydrogen) atoms. The lowest BCUT2D eigenvalue weighted by atomic mass is 9.87. The van der Waals surface area contributed by atoms with Gasteiger partial charge in [-0.25, -0.2) is 12.8 Å². The number of nitrogens with zero attached hydrogens (tertiary/aromatic N) is 3. The number of alkyl halides is 1. The number of hydrogen-bond donors (Lipinski definition) is 1. The summed E-state index contributed by atoms with van der Waals surface area (Å²) in [6.07, 6.45) is -1.08. The number of halogens is 1. The fraction of sp³-hybridized carbons (Fsp3) is 0.636. The minimum atomic E-state index is -3.54. The topological polar surface area (TPSA) is 93.5 Å². The second-order valence-electron chi connectivity index (χ2n) is 9.85. The van der Waals surface area contributed by atoms with E-state index in [0.717, 1.165) is 5.56 Å². The summed E-state index contributed by atoms with van der Waals surface area (Å²) < 4.78 is 41.0. The van der Waals surface area contributed by atoms with Crippen LogP contribution in [0.5, 0.6) is 0 Å². The lowest BCUT2D eigenvalue weighted by Crippen LogP contribution is -2.43. The molecule has 3 unspecified atom stereocenters. The molecule has 0 aromatic heterocycles. The van der Waals surface area contributed by atoms with Crippen molar-refractivity contribution in [3.8, 4) is 6.07 Å². The number of amides is 1. The van der Waals surface area contributed by atoms with Crippen molar-refractivity contribution in [2.24, 2.45) is 11.8 Å². The quantitative estimate of drug-likeness (QED) is 0.739. The molecule has 1 aromatic carbocycles. The van der Waals surface area contributed by atoms with Crippen LogP contribution in [0.15, 0.2) is 29.2 Å². The van der Waals surface area contributed by atoms with Gasteiger partial charge in [-0.05, 0) is 34.9 Å². The van der Waals surface area contributed by atoms with Crippen LogP contribution in [-0.4, -0.2) is 68.0 Å². The third-order valence-electron chi connectivity index (χ3n) is 6.73. The fourth-order valence-corrected chi connectivity index (χ4v) is 6.27. The molecule has 2 aliphatic heterocycles. The van der Waals surface area contributed by atoms with Gasteiger partial charge in [-0.15, -0.1) is 0 Å². The first kappa shape index (κ1) is 22.2. The lowest BCUT2D eigenvalue weighted by Gasteiger charge is -2.23. The summed E-state index contributed by atoms with van der Waals surface area (Å²) in [4.78, 5) is 14.0. The van der Waals surface area contributed by atoms with E-state index in [2.05, 4.69) is 26.1 Å². The van der Waals surface area contributed by atoms with E-state index in [4.69, 9.17) is 5.26 Å². The first-order chi connectivity index (χ1) is 14.5. The maximum atomic E-state index is 13.5. The number of benzene rings is 1.